The van der Waals surface area contributed by atoms with E-state index in [1.807, 2.05) is 19.1 Å². The first-order chi connectivity index (χ1) is 9.40. The largest absolute Gasteiger partial charge is 0.465 e. The first kappa shape index (κ1) is 14.8. The van der Waals surface area contributed by atoms with Crippen LogP contribution in [0.5, 0.6) is 0 Å². The van der Waals surface area contributed by atoms with Crippen LogP contribution >= 0.6 is 0 Å². The molecule has 3 nitrogen and oxygen atoms in total. The number of nitrogens with one attached hydrogen (secondary N) is 1. The summed E-state index contributed by atoms with van der Waals surface area (Å²) in [7, 11) is 0. The van der Waals surface area contributed by atoms with Gasteiger partial charge in [0.1, 0.15) is 11.5 Å². The minimum Gasteiger partial charge on any atom is -0.465 e. The number of hydrogen-bond donors (Lipinski definition) is 2. The Morgan fingerprint density at radius 3 is 2.20 bits per heavy atom. The lowest BCUT2D eigenvalue weighted by Gasteiger charge is -2.20. The van der Waals surface area contributed by atoms with Crippen LogP contribution in [0.3, 0.4) is 0 Å². The van der Waals surface area contributed by atoms with E-state index < -0.39 is 0 Å². The molecular weight excluding hydrogens is 248 g/mol. The van der Waals surface area contributed by atoms with Crippen LogP contribution in [0.2, 0.25) is 0 Å². The highest BCUT2D eigenvalue weighted by molar-refractivity contribution is 5.28. The van der Waals surface area contributed by atoms with Crippen molar-refractivity contribution in [2.24, 2.45) is 5.84 Å². The summed E-state index contributed by atoms with van der Waals surface area (Å²) in [6, 6.07) is 12.7. The van der Waals surface area contributed by atoms with Crippen molar-refractivity contribution in [2.45, 2.75) is 45.6 Å². The van der Waals surface area contributed by atoms with Gasteiger partial charge in [0, 0.05) is 0 Å². The van der Waals surface area contributed by atoms with E-state index in [0.29, 0.717) is 0 Å². The normalized spacial score (nSPS) is 13.4. The number of rotatable bonds is 4. The van der Waals surface area contributed by atoms with Gasteiger partial charge in [-0.15, -0.1) is 0 Å². The van der Waals surface area contributed by atoms with Crippen molar-refractivity contribution >= 4 is 0 Å². The van der Waals surface area contributed by atoms with E-state index in [0.717, 1.165) is 17.9 Å². The first-order valence-electron chi connectivity index (χ1n) is 7.02. The Labute approximate surface area is 121 Å². The molecule has 0 spiro atoms. The van der Waals surface area contributed by atoms with Gasteiger partial charge in [-0.05, 0) is 42.0 Å². The minimum atomic E-state index is 0.00388. The third-order valence-corrected chi connectivity index (χ3v) is 3.57. The lowest BCUT2D eigenvalue weighted by atomic mass is 9.86. The fraction of sp³-hybridized carbons (Fsp3) is 0.412. The summed E-state index contributed by atoms with van der Waals surface area (Å²) in [6.07, 6.45) is 0.813. The number of benzene rings is 1. The highest BCUT2D eigenvalue weighted by atomic mass is 16.3. The van der Waals surface area contributed by atoms with Gasteiger partial charge in [-0.2, -0.15) is 0 Å². The van der Waals surface area contributed by atoms with E-state index in [-0.39, 0.29) is 11.5 Å². The molecule has 1 aromatic heterocycles. The second kappa shape index (κ2) is 5.81. The van der Waals surface area contributed by atoms with Gasteiger partial charge in [0.25, 0.3) is 0 Å². The molecule has 0 aliphatic carbocycles. The monoisotopic (exact) mass is 272 g/mol. The summed E-state index contributed by atoms with van der Waals surface area (Å²) in [5.41, 5.74) is 5.60. The molecule has 2 aromatic rings. The molecular formula is C17H24N2O. The van der Waals surface area contributed by atoms with E-state index in [1.54, 1.807) is 0 Å². The highest BCUT2D eigenvalue weighted by Crippen LogP contribution is 2.24. The average molecular weight is 272 g/mol. The van der Waals surface area contributed by atoms with Crippen molar-refractivity contribution in [3.05, 3.63) is 59.0 Å². The lowest BCUT2D eigenvalue weighted by Crippen LogP contribution is -2.29. The molecule has 0 fully saturated rings. The van der Waals surface area contributed by atoms with Crippen LogP contribution in [0.4, 0.5) is 0 Å². The Bertz CT molecular complexity index is 549. The van der Waals surface area contributed by atoms with Gasteiger partial charge in [0.15, 0.2) is 0 Å². The Hall–Kier alpha value is -1.58. The molecule has 0 aliphatic heterocycles. The van der Waals surface area contributed by atoms with Crippen molar-refractivity contribution in [3.63, 3.8) is 0 Å². The standard InChI is InChI=1S/C17H24N2O/c1-12-5-10-16(20-12)15(19-18)11-13-6-8-14(9-7-13)17(2,3)4/h5-10,15,19H,11,18H2,1-4H3. The van der Waals surface area contributed by atoms with E-state index >= 15 is 0 Å². The van der Waals surface area contributed by atoms with E-state index in [4.69, 9.17) is 10.3 Å². The number of aryl methyl sites for hydroxylation is 1. The predicted octanol–water partition coefficient (Wildman–Crippen LogP) is 3.63. The smallest absolute Gasteiger partial charge is 0.122 e. The molecule has 0 radical (unpaired) electrons. The Balaban J connectivity index is 2.12. The number of hydrogen-bond acceptors (Lipinski definition) is 3. The van der Waals surface area contributed by atoms with Crippen LogP contribution in [0, 0.1) is 6.92 Å². The van der Waals surface area contributed by atoms with Gasteiger partial charge in [-0.3, -0.25) is 5.84 Å². The van der Waals surface area contributed by atoms with Gasteiger partial charge in [-0.25, -0.2) is 5.43 Å². The van der Waals surface area contributed by atoms with Crippen LogP contribution in [-0.2, 0) is 11.8 Å². The maximum absolute atomic E-state index is 5.65. The Morgan fingerprint density at radius 2 is 1.75 bits per heavy atom. The zero-order valence-electron chi connectivity index (χ0n) is 12.7. The van der Waals surface area contributed by atoms with E-state index in [2.05, 4.69) is 50.5 Å². The van der Waals surface area contributed by atoms with Crippen molar-refractivity contribution in [1.82, 2.24) is 5.43 Å². The second-order valence-electron chi connectivity index (χ2n) is 6.32. The molecule has 0 bridgehead atoms. The molecule has 2 rings (SSSR count). The van der Waals surface area contributed by atoms with Gasteiger partial charge >= 0.3 is 0 Å². The summed E-state index contributed by atoms with van der Waals surface area (Å²) in [5.74, 6) is 7.44. The van der Waals surface area contributed by atoms with Crippen LogP contribution in [0.1, 0.15) is 49.5 Å². The van der Waals surface area contributed by atoms with Gasteiger partial charge in [-0.1, -0.05) is 45.0 Å². The van der Waals surface area contributed by atoms with Gasteiger partial charge in [0.2, 0.25) is 0 Å². The molecule has 1 atom stereocenters. The van der Waals surface area contributed by atoms with Crippen LogP contribution < -0.4 is 11.3 Å². The third kappa shape index (κ3) is 3.50. The third-order valence-electron chi connectivity index (χ3n) is 3.57. The molecule has 1 heterocycles. The molecule has 1 aromatic carbocycles. The number of furan rings is 1. The molecule has 0 amide bonds. The molecule has 0 aliphatic rings. The summed E-state index contributed by atoms with van der Waals surface area (Å²) >= 11 is 0. The first-order valence-corrected chi connectivity index (χ1v) is 7.02. The van der Waals surface area contributed by atoms with Crippen LogP contribution in [0.25, 0.3) is 0 Å². The van der Waals surface area contributed by atoms with Crippen molar-refractivity contribution in [3.8, 4) is 0 Å². The topological polar surface area (TPSA) is 51.2 Å². The van der Waals surface area contributed by atoms with Crippen molar-refractivity contribution < 1.29 is 4.42 Å². The summed E-state index contributed by atoms with van der Waals surface area (Å²) in [4.78, 5) is 0. The molecule has 0 saturated carbocycles. The fourth-order valence-electron chi connectivity index (χ4n) is 2.26. The number of hydrazine groups is 1. The highest BCUT2D eigenvalue weighted by Gasteiger charge is 2.16. The predicted molar refractivity (Wildman–Crippen MR) is 82.4 cm³/mol. The average Bonchev–Trinajstić information content (AvgIpc) is 2.82. The maximum Gasteiger partial charge on any atom is 0.122 e. The van der Waals surface area contributed by atoms with Crippen molar-refractivity contribution in [2.75, 3.05) is 0 Å². The maximum atomic E-state index is 5.65. The molecule has 1 unspecified atom stereocenters. The zero-order valence-corrected chi connectivity index (χ0v) is 12.7. The summed E-state index contributed by atoms with van der Waals surface area (Å²) in [5, 5.41) is 0. The summed E-state index contributed by atoms with van der Waals surface area (Å²) < 4.78 is 5.64. The minimum absolute atomic E-state index is 0.00388. The van der Waals surface area contributed by atoms with Crippen LogP contribution in [-0.4, -0.2) is 0 Å². The quantitative estimate of drug-likeness (QED) is 0.660. The SMILES string of the molecule is Cc1ccc(C(Cc2ccc(C(C)(C)C)cc2)NN)o1. The summed E-state index contributed by atoms with van der Waals surface area (Å²) in [6.45, 7) is 8.60. The van der Waals surface area contributed by atoms with E-state index in [9.17, 15) is 0 Å². The van der Waals surface area contributed by atoms with Gasteiger partial charge in [0.05, 0.1) is 6.04 Å². The number of nitrogens with two attached hydrogens (primary N) is 1. The molecule has 20 heavy (non-hydrogen) atoms. The fourth-order valence-corrected chi connectivity index (χ4v) is 2.26. The second-order valence-corrected chi connectivity index (χ2v) is 6.32. The van der Waals surface area contributed by atoms with Crippen molar-refractivity contribution in [1.29, 1.82) is 0 Å². The zero-order chi connectivity index (χ0) is 14.8. The van der Waals surface area contributed by atoms with Gasteiger partial charge < -0.3 is 4.42 Å². The molecule has 0 saturated heterocycles. The van der Waals surface area contributed by atoms with E-state index in [1.165, 1.54) is 11.1 Å². The molecule has 3 N–H and O–H groups in total. The van der Waals surface area contributed by atoms with Crippen LogP contribution in [0.15, 0.2) is 40.8 Å². The molecule has 3 heteroatoms. The Morgan fingerprint density at radius 1 is 1.10 bits per heavy atom. The lowest BCUT2D eigenvalue weighted by molar-refractivity contribution is 0.403. The molecule has 108 valence electrons. The Kier molecular flexibility index (Phi) is 4.31.